The number of ether oxygens (including phenoxy) is 1. The third-order valence-electron chi connectivity index (χ3n) is 5.53. The molecule has 5 heteroatoms. The van der Waals surface area contributed by atoms with E-state index in [9.17, 15) is 5.11 Å². The molecule has 0 saturated carbocycles. The first-order valence-electron chi connectivity index (χ1n) is 10.1. The third kappa shape index (κ3) is 3.55. The second kappa shape index (κ2) is 8.05. The van der Waals surface area contributed by atoms with Gasteiger partial charge < -0.3 is 14.4 Å². The number of benzene rings is 3. The molecule has 0 atom stereocenters. The first-order valence-corrected chi connectivity index (χ1v) is 10.1. The standard InChI is InChI=1S/C25H23N3O2/c29-25-21(19-7-3-1-4-8-19)15-23-22(24(25)20-9-5-2-6-10-20)16-28(18-30-23)14-13-27-12-11-26-17-27/h1-12,15,17,29H,13-14,16,18H2. The van der Waals surface area contributed by atoms with Crippen LogP contribution < -0.4 is 4.74 Å². The molecule has 4 aromatic rings. The lowest BCUT2D eigenvalue weighted by Crippen LogP contribution is -2.34. The van der Waals surface area contributed by atoms with Crippen molar-refractivity contribution in [1.29, 1.82) is 0 Å². The number of aromatic nitrogens is 2. The molecule has 0 radical (unpaired) electrons. The summed E-state index contributed by atoms with van der Waals surface area (Å²) in [5.41, 5.74) is 4.62. The molecular formula is C25H23N3O2. The molecule has 5 rings (SSSR count). The molecule has 0 spiro atoms. The highest BCUT2D eigenvalue weighted by atomic mass is 16.5. The monoisotopic (exact) mass is 397 g/mol. The Morgan fingerprint density at radius 1 is 0.933 bits per heavy atom. The lowest BCUT2D eigenvalue weighted by atomic mass is 9.91. The fourth-order valence-corrected chi connectivity index (χ4v) is 3.98. The minimum absolute atomic E-state index is 0.297. The van der Waals surface area contributed by atoms with Gasteiger partial charge in [0.15, 0.2) is 0 Å². The number of hydrogen-bond donors (Lipinski definition) is 1. The largest absolute Gasteiger partial charge is 0.507 e. The predicted molar refractivity (Wildman–Crippen MR) is 117 cm³/mol. The van der Waals surface area contributed by atoms with E-state index < -0.39 is 0 Å². The molecule has 5 nitrogen and oxygen atoms in total. The first-order chi connectivity index (χ1) is 14.8. The summed E-state index contributed by atoms with van der Waals surface area (Å²) in [4.78, 5) is 6.35. The maximum atomic E-state index is 11.3. The number of phenols is 1. The van der Waals surface area contributed by atoms with Crippen molar-refractivity contribution in [2.24, 2.45) is 0 Å². The van der Waals surface area contributed by atoms with Crippen LogP contribution in [0.25, 0.3) is 22.3 Å². The van der Waals surface area contributed by atoms with Crippen LogP contribution in [0.4, 0.5) is 0 Å². The molecular weight excluding hydrogens is 374 g/mol. The van der Waals surface area contributed by atoms with Crippen LogP contribution in [0.2, 0.25) is 0 Å². The van der Waals surface area contributed by atoms with Crippen LogP contribution in [-0.2, 0) is 13.1 Å². The normalized spacial score (nSPS) is 13.6. The van der Waals surface area contributed by atoms with E-state index in [-0.39, 0.29) is 0 Å². The van der Waals surface area contributed by atoms with E-state index in [1.54, 1.807) is 6.20 Å². The Morgan fingerprint density at radius 3 is 2.37 bits per heavy atom. The molecule has 30 heavy (non-hydrogen) atoms. The van der Waals surface area contributed by atoms with Crippen LogP contribution in [0.3, 0.4) is 0 Å². The van der Waals surface area contributed by atoms with E-state index in [1.807, 2.05) is 79.3 Å². The van der Waals surface area contributed by atoms with Crippen LogP contribution in [0, 0.1) is 0 Å². The van der Waals surface area contributed by atoms with Gasteiger partial charge in [-0.2, -0.15) is 0 Å². The van der Waals surface area contributed by atoms with Crippen molar-refractivity contribution in [3.05, 3.63) is 91.0 Å². The SMILES string of the molecule is Oc1c(-c2ccccc2)cc2c(c1-c1ccccc1)CN(CCn1ccnc1)CO2. The van der Waals surface area contributed by atoms with Crippen molar-refractivity contribution in [2.45, 2.75) is 13.1 Å². The number of phenolic OH excluding ortho intramolecular Hbond substituents is 1. The molecule has 1 aliphatic heterocycles. The summed E-state index contributed by atoms with van der Waals surface area (Å²) in [6.45, 7) is 2.92. The molecule has 0 unspecified atom stereocenters. The van der Waals surface area contributed by atoms with Gasteiger partial charge >= 0.3 is 0 Å². The molecule has 2 heterocycles. The Hall–Kier alpha value is -3.57. The lowest BCUT2D eigenvalue weighted by Gasteiger charge is -2.31. The molecule has 0 amide bonds. The van der Waals surface area contributed by atoms with Gasteiger partial charge in [-0.3, -0.25) is 4.90 Å². The number of nitrogens with zero attached hydrogens (tertiary/aromatic N) is 3. The van der Waals surface area contributed by atoms with Crippen molar-refractivity contribution < 1.29 is 9.84 Å². The summed E-state index contributed by atoms with van der Waals surface area (Å²) in [5, 5.41) is 11.3. The molecule has 0 saturated heterocycles. The molecule has 0 aliphatic carbocycles. The highest BCUT2D eigenvalue weighted by Gasteiger charge is 2.26. The first kappa shape index (κ1) is 18.5. The fraction of sp³-hybridized carbons (Fsp3) is 0.160. The summed E-state index contributed by atoms with van der Waals surface area (Å²) in [6.07, 6.45) is 5.58. The average molecular weight is 397 g/mol. The zero-order valence-electron chi connectivity index (χ0n) is 16.6. The van der Waals surface area contributed by atoms with Crippen molar-refractivity contribution in [2.75, 3.05) is 13.3 Å². The van der Waals surface area contributed by atoms with Gasteiger partial charge in [0.05, 0.1) is 6.33 Å². The number of rotatable bonds is 5. The molecule has 1 N–H and O–H groups in total. The van der Waals surface area contributed by atoms with Crippen LogP contribution in [0.5, 0.6) is 11.5 Å². The summed E-state index contributed by atoms with van der Waals surface area (Å²) >= 11 is 0. The van der Waals surface area contributed by atoms with Gasteiger partial charge in [-0.1, -0.05) is 60.7 Å². The van der Waals surface area contributed by atoms with Gasteiger partial charge in [0.25, 0.3) is 0 Å². The van der Waals surface area contributed by atoms with E-state index in [0.29, 0.717) is 12.5 Å². The maximum absolute atomic E-state index is 11.3. The van der Waals surface area contributed by atoms with Gasteiger partial charge in [0.1, 0.15) is 18.2 Å². The van der Waals surface area contributed by atoms with Gasteiger partial charge in [0, 0.05) is 48.7 Å². The Labute approximate surface area is 175 Å². The Balaban J connectivity index is 1.55. The smallest absolute Gasteiger partial charge is 0.142 e. The predicted octanol–water partition coefficient (Wildman–Crippen LogP) is 4.77. The molecule has 0 fully saturated rings. The highest BCUT2D eigenvalue weighted by Crippen LogP contribution is 2.46. The van der Waals surface area contributed by atoms with Gasteiger partial charge in [0.2, 0.25) is 0 Å². The van der Waals surface area contributed by atoms with Crippen LogP contribution in [0.1, 0.15) is 5.56 Å². The number of aromatic hydroxyl groups is 1. The molecule has 150 valence electrons. The molecule has 3 aromatic carbocycles. The minimum Gasteiger partial charge on any atom is -0.507 e. The van der Waals surface area contributed by atoms with E-state index in [2.05, 4.69) is 14.5 Å². The topological polar surface area (TPSA) is 50.5 Å². The van der Waals surface area contributed by atoms with Crippen molar-refractivity contribution in [3.63, 3.8) is 0 Å². The number of hydrogen-bond acceptors (Lipinski definition) is 4. The van der Waals surface area contributed by atoms with E-state index in [1.165, 1.54) is 0 Å². The number of imidazole rings is 1. The van der Waals surface area contributed by atoms with Crippen LogP contribution >= 0.6 is 0 Å². The van der Waals surface area contributed by atoms with Crippen molar-refractivity contribution in [1.82, 2.24) is 14.5 Å². The van der Waals surface area contributed by atoms with Crippen molar-refractivity contribution >= 4 is 0 Å². The number of fused-ring (bicyclic) bond motifs is 1. The van der Waals surface area contributed by atoms with Gasteiger partial charge in [-0.05, 0) is 17.2 Å². The average Bonchev–Trinajstić information content (AvgIpc) is 3.32. The molecule has 0 bridgehead atoms. The second-order valence-corrected chi connectivity index (χ2v) is 7.48. The summed E-state index contributed by atoms with van der Waals surface area (Å²) in [5.74, 6) is 1.13. The fourth-order valence-electron chi connectivity index (χ4n) is 3.98. The minimum atomic E-state index is 0.297. The highest BCUT2D eigenvalue weighted by molar-refractivity contribution is 5.86. The quantitative estimate of drug-likeness (QED) is 0.527. The van der Waals surface area contributed by atoms with Gasteiger partial charge in [-0.25, -0.2) is 4.98 Å². The van der Waals surface area contributed by atoms with Crippen LogP contribution in [0.15, 0.2) is 85.5 Å². The van der Waals surface area contributed by atoms with Gasteiger partial charge in [-0.15, -0.1) is 0 Å². The summed E-state index contributed by atoms with van der Waals surface area (Å²) in [7, 11) is 0. The maximum Gasteiger partial charge on any atom is 0.142 e. The van der Waals surface area contributed by atoms with Crippen molar-refractivity contribution in [3.8, 4) is 33.8 Å². The zero-order valence-corrected chi connectivity index (χ0v) is 16.6. The second-order valence-electron chi connectivity index (χ2n) is 7.48. The lowest BCUT2D eigenvalue weighted by molar-refractivity contribution is 0.0921. The van der Waals surface area contributed by atoms with E-state index >= 15 is 0 Å². The summed E-state index contributed by atoms with van der Waals surface area (Å²) in [6, 6.07) is 22.0. The Morgan fingerprint density at radius 2 is 1.67 bits per heavy atom. The van der Waals surface area contributed by atoms with E-state index in [0.717, 1.165) is 53.2 Å². The van der Waals surface area contributed by atoms with E-state index in [4.69, 9.17) is 4.74 Å². The zero-order chi connectivity index (χ0) is 20.3. The van der Waals surface area contributed by atoms with Crippen LogP contribution in [-0.4, -0.2) is 32.8 Å². The Bertz CT molecular complexity index is 1130. The molecule has 1 aliphatic rings. The summed E-state index contributed by atoms with van der Waals surface area (Å²) < 4.78 is 8.23. The molecule has 1 aromatic heterocycles. The Kier molecular flexibility index (Phi) is 4.95. The third-order valence-corrected chi connectivity index (χ3v) is 5.53.